The molecular weight excluding hydrogens is 1690 g/mol. The van der Waals surface area contributed by atoms with Crippen molar-refractivity contribution < 1.29 is 60.3 Å². The first-order chi connectivity index (χ1) is 60.2. The van der Waals surface area contributed by atoms with Crippen LogP contribution in [0.15, 0.2) is 324 Å². The van der Waals surface area contributed by atoms with Crippen LogP contribution in [-0.4, -0.2) is 165 Å². The molecule has 0 amide bonds. The number of nitrogen functional groups attached to an aromatic ring is 1. The zero-order valence-electron chi connectivity index (χ0n) is 68.6. The number of nitrogens with two attached hydrogens (primary N) is 3. The Labute approximate surface area is 725 Å². The SMILES string of the molecule is CN(C)CCOc1cccc2c1ccn2S(=O)(=O)c1ccccc1.NC(N)=N/N=C\c1cn(S(=O)(=O)c2ccc(N)cc2)c2ccccc12.O=S(=O)(c1cccc(F)c1)c1cn(C2CCCNC2)c2ccc(F)cc12.O=S(=O)(c1ccccc1)c1c[nH]c2c(OCCN3CCCC3)cccc12.O=S(=O)(c1ccccc1)n1cc(CC2CCCN2)c2ccccc21. The van der Waals surface area contributed by atoms with E-state index in [1.165, 1.54) is 86.1 Å². The highest BCUT2D eigenvalue weighted by atomic mass is 32.2. The molecule has 125 heavy (non-hydrogen) atoms. The summed E-state index contributed by atoms with van der Waals surface area (Å²) in [7, 11) is -14.6. The number of nitrogens with one attached hydrogen (secondary N) is 3. The number of likely N-dealkylation sites (tertiary alicyclic amines) is 1. The maximum Gasteiger partial charge on any atom is 0.268 e. The van der Waals surface area contributed by atoms with E-state index in [-0.39, 0.29) is 36.5 Å². The van der Waals surface area contributed by atoms with Crippen LogP contribution in [0.25, 0.3) is 54.5 Å². The first-order valence-electron chi connectivity index (χ1n) is 40.6. The Kier molecular flexibility index (Phi) is 28.0. The summed E-state index contributed by atoms with van der Waals surface area (Å²) in [5, 5.41) is 17.6. The smallest absolute Gasteiger partial charge is 0.268 e. The Bertz CT molecular complexity index is 6970. The van der Waals surface area contributed by atoms with Gasteiger partial charge in [0.05, 0.1) is 62.5 Å². The predicted octanol–water partition coefficient (Wildman–Crippen LogP) is 14.2. The molecule has 5 aromatic heterocycles. The van der Waals surface area contributed by atoms with E-state index >= 15 is 0 Å². The van der Waals surface area contributed by atoms with Gasteiger partial charge < -0.3 is 51.8 Å². The fourth-order valence-electron chi connectivity index (χ4n) is 15.4. The van der Waals surface area contributed by atoms with Crippen molar-refractivity contribution in [3.05, 3.63) is 302 Å². The second kappa shape index (κ2) is 39.3. The van der Waals surface area contributed by atoms with E-state index in [1.807, 2.05) is 84.2 Å². The second-order valence-electron chi connectivity index (χ2n) is 30.4. The Balaban J connectivity index is 0.000000127. The van der Waals surface area contributed by atoms with Crippen molar-refractivity contribution in [1.29, 1.82) is 0 Å². The number of ether oxygens (including phenoxy) is 2. The molecular formula is C92H96F2N14O12S5. The normalized spacial score (nSPS) is 15.2. The molecule has 3 saturated heterocycles. The van der Waals surface area contributed by atoms with E-state index in [0.717, 1.165) is 105 Å². The Hall–Kier alpha value is -12.3. The number of fused-ring (bicyclic) bond motifs is 5. The fraction of sp³-hybridized carbons (Fsp3) is 0.217. The van der Waals surface area contributed by atoms with Gasteiger partial charge in [0, 0.05) is 106 Å². The Morgan fingerprint density at radius 2 is 1.06 bits per heavy atom. The summed E-state index contributed by atoms with van der Waals surface area (Å²) in [5.41, 5.74) is 21.5. The summed E-state index contributed by atoms with van der Waals surface area (Å²) >= 11 is 0. The molecule has 10 aromatic carbocycles. The van der Waals surface area contributed by atoms with Crippen LogP contribution in [-0.2, 0) is 56.2 Å². The van der Waals surface area contributed by atoms with Crippen molar-refractivity contribution in [2.24, 2.45) is 21.7 Å². The van der Waals surface area contributed by atoms with E-state index in [4.69, 9.17) is 26.7 Å². The fourth-order valence-corrected chi connectivity index (χ4v) is 22.5. The zero-order valence-corrected chi connectivity index (χ0v) is 72.7. The van der Waals surface area contributed by atoms with Crippen molar-refractivity contribution in [3.8, 4) is 11.5 Å². The van der Waals surface area contributed by atoms with Crippen molar-refractivity contribution in [1.82, 2.24) is 41.9 Å². The number of sulfone groups is 2. The van der Waals surface area contributed by atoms with Gasteiger partial charge in [-0.1, -0.05) is 115 Å². The van der Waals surface area contributed by atoms with Gasteiger partial charge in [0.1, 0.15) is 36.3 Å². The van der Waals surface area contributed by atoms with Gasteiger partial charge in [-0.15, -0.1) is 5.10 Å². The first-order valence-corrected chi connectivity index (χ1v) is 47.9. The summed E-state index contributed by atoms with van der Waals surface area (Å²) in [5.74, 6) is 0.0623. The van der Waals surface area contributed by atoms with E-state index in [1.54, 1.807) is 164 Å². The van der Waals surface area contributed by atoms with Gasteiger partial charge in [0.2, 0.25) is 25.6 Å². The Morgan fingerprint density at radius 1 is 0.504 bits per heavy atom. The molecule has 650 valence electrons. The van der Waals surface area contributed by atoms with Gasteiger partial charge in [0.15, 0.2) is 0 Å². The molecule has 0 aliphatic carbocycles. The average Bonchev–Trinajstić information content (AvgIpc) is 1.62. The molecule has 0 radical (unpaired) electrons. The maximum absolute atomic E-state index is 13.8. The topological polar surface area (TPSA) is 358 Å². The van der Waals surface area contributed by atoms with Crippen molar-refractivity contribution in [2.45, 2.75) is 91.3 Å². The van der Waals surface area contributed by atoms with Crippen LogP contribution in [0.3, 0.4) is 0 Å². The Morgan fingerprint density at radius 3 is 1.70 bits per heavy atom. The van der Waals surface area contributed by atoms with Crippen LogP contribution < -0.4 is 37.3 Å². The number of hydrogen-bond donors (Lipinski definition) is 6. The molecule has 2 unspecified atom stereocenters. The third-order valence-electron chi connectivity index (χ3n) is 21.6. The third-order valence-corrected chi connectivity index (χ3v) is 30.3. The summed E-state index contributed by atoms with van der Waals surface area (Å²) < 4.78 is 175. The standard InChI is InChI=1S/C20H22N2O3S.C19H18F2N2O2S.C19H20N2O2S.C18H20N2O3S.C16H16N6O2S/c23-26(24,16-7-2-1-3-8-16)19-15-21-20-17(19)9-6-10-18(20)25-14-13-22-11-4-5-12-22;20-13-3-1-5-16(9-13)26(24,25)19-12-23(15-4-2-8-22-11-15)18-7-6-14(21)10-17(18)19;22-24(23,17-8-2-1-3-9-17)21-14-15(13-16-7-6-12-20-16)18-10-4-5-11-19(18)21;1-19(2)13-14-23-18-10-6-9-17-16(18)11-12-20(17)24(21,22)15-7-4-3-5-8-15;17-12-5-7-13(8-6-12)25(23,24)22-10-11(9-20-21-16(18)19)14-3-1-2-4-15(14)22/h1-3,6-10,15,21H,4-5,11-14H2;1,3,5-7,9-10,12,15,22H,2,4,8,11H2;1-5,8-11,14,16,20H,6-7,12-13H2;3-12H,13-14H2,1-2H3;1-10H,17H2,(H4,18,19,21)/b;;;;20-9-. The number of benzene rings is 10. The molecule has 8 heterocycles. The predicted molar refractivity (Wildman–Crippen MR) is 486 cm³/mol. The molecule has 3 aliphatic heterocycles. The maximum atomic E-state index is 13.8. The molecule has 3 fully saturated rings. The number of rotatable bonds is 23. The largest absolute Gasteiger partial charge is 0.492 e. The van der Waals surface area contributed by atoms with Crippen molar-refractivity contribution >= 4 is 122 Å². The number of piperidine rings is 1. The monoisotopic (exact) mass is 1790 g/mol. The highest BCUT2D eigenvalue weighted by Gasteiger charge is 2.30. The third kappa shape index (κ3) is 20.4. The van der Waals surface area contributed by atoms with E-state index in [9.17, 15) is 50.9 Å². The molecule has 3 aliphatic rings. The number of para-hydroxylation sites is 3. The van der Waals surface area contributed by atoms with Gasteiger partial charge in [-0.2, -0.15) is 5.10 Å². The number of anilines is 1. The number of hydrogen-bond acceptors (Lipinski definition) is 19. The molecule has 26 nitrogen and oxygen atoms in total. The highest BCUT2D eigenvalue weighted by Crippen LogP contribution is 2.38. The minimum absolute atomic E-state index is 0.00294. The molecule has 18 rings (SSSR count). The van der Waals surface area contributed by atoms with Gasteiger partial charge >= 0.3 is 0 Å². The minimum atomic E-state index is -3.97. The van der Waals surface area contributed by atoms with E-state index in [0.29, 0.717) is 84.5 Å². The molecule has 0 saturated carbocycles. The van der Waals surface area contributed by atoms with Gasteiger partial charge in [0.25, 0.3) is 30.1 Å². The molecule has 15 aromatic rings. The van der Waals surface area contributed by atoms with Crippen LogP contribution in [0, 0.1) is 11.6 Å². The summed E-state index contributed by atoms with van der Waals surface area (Å²) in [6.07, 6.45) is 17.0. The molecule has 0 bridgehead atoms. The number of aromatic nitrogens is 5. The molecule has 2 atom stereocenters. The van der Waals surface area contributed by atoms with Crippen LogP contribution >= 0.6 is 0 Å². The zero-order chi connectivity index (χ0) is 88.1. The first kappa shape index (κ1) is 89.0. The molecule has 9 N–H and O–H groups in total. The lowest BCUT2D eigenvalue weighted by Gasteiger charge is -2.25. The number of guanidine groups is 1. The lowest BCUT2D eigenvalue weighted by molar-refractivity contribution is 0.239. The average molecular weight is 1790 g/mol. The highest BCUT2D eigenvalue weighted by molar-refractivity contribution is 7.92. The van der Waals surface area contributed by atoms with Crippen LogP contribution in [0.2, 0.25) is 0 Å². The van der Waals surface area contributed by atoms with E-state index in [2.05, 4.69) is 30.7 Å². The lowest BCUT2D eigenvalue weighted by atomic mass is 10.0. The number of H-pyrrole nitrogens is 1. The number of nitrogens with zero attached hydrogens (tertiary/aromatic N) is 8. The van der Waals surface area contributed by atoms with Gasteiger partial charge in [-0.3, -0.25) is 4.90 Å². The second-order valence-corrected chi connectivity index (χ2v) is 39.6. The van der Waals surface area contributed by atoms with Crippen LogP contribution in [0.5, 0.6) is 11.5 Å². The lowest BCUT2D eigenvalue weighted by Crippen LogP contribution is -2.31. The summed E-state index contributed by atoms with van der Waals surface area (Å²) in [4.78, 5) is 8.67. The number of likely N-dealkylation sites (N-methyl/N-ethyl adjacent to an activating group) is 1. The molecule has 0 spiro atoms. The van der Waals surface area contributed by atoms with Crippen LogP contribution in [0.1, 0.15) is 55.7 Å². The van der Waals surface area contributed by atoms with Gasteiger partial charge in [-0.05, 0) is 224 Å². The number of halogens is 2. The molecule has 33 heteroatoms. The van der Waals surface area contributed by atoms with Crippen molar-refractivity contribution in [3.63, 3.8) is 0 Å². The minimum Gasteiger partial charge on any atom is -0.492 e. The summed E-state index contributed by atoms with van der Waals surface area (Å²) in [6.45, 7) is 7.80. The van der Waals surface area contributed by atoms with Gasteiger partial charge in [-0.25, -0.2) is 62.8 Å². The van der Waals surface area contributed by atoms with Crippen LogP contribution in [0.4, 0.5) is 14.5 Å². The summed E-state index contributed by atoms with van der Waals surface area (Å²) in [6, 6.07) is 68.7. The van der Waals surface area contributed by atoms with E-state index < -0.39 is 61.4 Å². The van der Waals surface area contributed by atoms with Crippen molar-refractivity contribution in [2.75, 3.05) is 78.9 Å². The quantitative estimate of drug-likeness (QED) is 0.0150. The number of aromatic amines is 1.